The van der Waals surface area contributed by atoms with Gasteiger partial charge in [0.15, 0.2) is 0 Å². The standard InChI is InChI=1S/C12H16NO6P/c1-3-17-20(16,18-4-2)19-13-11(12(14)15)10-8-6-5-7-9-10/h5-9H,3-4H2,1-2H3,(H,14,15)/p-1/b13-11-. The summed E-state index contributed by atoms with van der Waals surface area (Å²) in [5.41, 5.74) is -0.239. The average molecular weight is 300 g/mol. The van der Waals surface area contributed by atoms with Crippen LogP contribution in [0.3, 0.4) is 0 Å². The monoisotopic (exact) mass is 300 g/mol. The molecule has 0 bridgehead atoms. The van der Waals surface area contributed by atoms with Crippen LogP contribution < -0.4 is 5.11 Å². The maximum atomic E-state index is 12.0. The second-order valence-corrected chi connectivity index (χ2v) is 5.03. The van der Waals surface area contributed by atoms with Gasteiger partial charge in [0, 0.05) is 5.56 Å². The average Bonchev–Trinajstić information content (AvgIpc) is 2.40. The number of phosphoric ester groups is 1. The van der Waals surface area contributed by atoms with Crippen molar-refractivity contribution in [3.63, 3.8) is 0 Å². The van der Waals surface area contributed by atoms with Gasteiger partial charge >= 0.3 is 7.82 Å². The second-order valence-electron chi connectivity index (χ2n) is 3.46. The van der Waals surface area contributed by atoms with Crippen LogP contribution in [0.2, 0.25) is 0 Å². The smallest absolute Gasteiger partial charge is 0.543 e. The molecule has 0 aliphatic rings. The quantitative estimate of drug-likeness (QED) is 0.408. The van der Waals surface area contributed by atoms with Crippen molar-refractivity contribution in [3.05, 3.63) is 35.9 Å². The largest absolute Gasteiger partial charge is 0.550 e. The maximum Gasteiger partial charge on any atom is 0.550 e. The first-order chi connectivity index (χ1) is 9.52. The Kier molecular flexibility index (Phi) is 6.38. The molecule has 0 aliphatic heterocycles. The molecule has 0 heterocycles. The fraction of sp³-hybridized carbons (Fsp3) is 0.333. The normalized spacial score (nSPS) is 12.2. The van der Waals surface area contributed by atoms with Gasteiger partial charge in [-0.1, -0.05) is 35.5 Å². The molecule has 0 amide bonds. The van der Waals surface area contributed by atoms with E-state index in [-0.39, 0.29) is 18.8 Å². The van der Waals surface area contributed by atoms with Crippen LogP contribution in [0.25, 0.3) is 0 Å². The first-order valence-electron chi connectivity index (χ1n) is 5.95. The summed E-state index contributed by atoms with van der Waals surface area (Å²) in [6, 6.07) is 7.97. The summed E-state index contributed by atoms with van der Waals surface area (Å²) in [4.78, 5) is 11.0. The third kappa shape index (κ3) is 4.77. The van der Waals surface area contributed by atoms with Gasteiger partial charge in [0.1, 0.15) is 5.71 Å². The minimum atomic E-state index is -3.91. The lowest BCUT2D eigenvalue weighted by atomic mass is 10.1. The Hall–Kier alpha value is -1.69. The lowest BCUT2D eigenvalue weighted by molar-refractivity contribution is -0.294. The number of rotatable bonds is 8. The van der Waals surface area contributed by atoms with Crippen LogP contribution in [-0.2, 0) is 23.0 Å². The summed E-state index contributed by atoms with van der Waals surface area (Å²) in [6.07, 6.45) is 0. The van der Waals surface area contributed by atoms with E-state index in [9.17, 15) is 14.5 Å². The molecule has 8 heteroatoms. The topological polar surface area (TPSA) is 97.2 Å². The molecule has 0 aliphatic carbocycles. The number of hydrogen-bond acceptors (Lipinski definition) is 7. The number of oxime groups is 1. The van der Waals surface area contributed by atoms with E-state index in [1.54, 1.807) is 32.0 Å². The summed E-state index contributed by atoms with van der Waals surface area (Å²) in [5.74, 6) is -1.56. The van der Waals surface area contributed by atoms with Crippen LogP contribution in [0.5, 0.6) is 0 Å². The Morgan fingerprint density at radius 1 is 1.20 bits per heavy atom. The van der Waals surface area contributed by atoms with Gasteiger partial charge in [-0.25, -0.2) is 4.57 Å². The maximum absolute atomic E-state index is 12.0. The van der Waals surface area contributed by atoms with E-state index in [1.807, 2.05) is 0 Å². The van der Waals surface area contributed by atoms with Crippen molar-refractivity contribution in [1.82, 2.24) is 0 Å². The Morgan fingerprint density at radius 3 is 2.20 bits per heavy atom. The molecule has 1 rings (SSSR count). The van der Waals surface area contributed by atoms with Crippen LogP contribution in [0.4, 0.5) is 0 Å². The number of nitrogens with zero attached hydrogens (tertiary/aromatic N) is 1. The van der Waals surface area contributed by atoms with Crippen molar-refractivity contribution in [3.8, 4) is 0 Å². The number of hydrogen-bond donors (Lipinski definition) is 0. The minimum Gasteiger partial charge on any atom is -0.543 e. The number of phosphoric acid groups is 1. The number of carboxylic acids is 1. The molecule has 0 saturated carbocycles. The molecule has 1 aromatic carbocycles. The number of carboxylic acid groups (broad SMARTS) is 1. The van der Waals surface area contributed by atoms with E-state index in [1.165, 1.54) is 12.1 Å². The third-order valence-electron chi connectivity index (χ3n) is 2.05. The number of aliphatic carboxylic acids is 1. The van der Waals surface area contributed by atoms with E-state index < -0.39 is 19.5 Å². The first kappa shape index (κ1) is 16.4. The molecule has 7 nitrogen and oxygen atoms in total. The molecule has 0 fully saturated rings. The zero-order chi connectivity index (χ0) is 15.0. The van der Waals surface area contributed by atoms with Gasteiger partial charge in [0.25, 0.3) is 0 Å². The van der Waals surface area contributed by atoms with Crippen molar-refractivity contribution in [1.29, 1.82) is 0 Å². The molecular formula is C12H15NO6P-. The van der Waals surface area contributed by atoms with Crippen molar-refractivity contribution in [2.75, 3.05) is 13.2 Å². The number of carbonyl (C=O) groups is 1. The summed E-state index contributed by atoms with van der Waals surface area (Å²) >= 11 is 0. The zero-order valence-electron chi connectivity index (χ0n) is 11.1. The van der Waals surface area contributed by atoms with E-state index in [2.05, 4.69) is 9.78 Å². The zero-order valence-corrected chi connectivity index (χ0v) is 12.0. The minimum absolute atomic E-state index is 0.0682. The molecular weight excluding hydrogens is 285 g/mol. The predicted molar refractivity (Wildman–Crippen MR) is 69.9 cm³/mol. The van der Waals surface area contributed by atoms with Crippen LogP contribution in [0, 0.1) is 0 Å². The van der Waals surface area contributed by atoms with Crippen LogP contribution >= 0.6 is 7.82 Å². The molecule has 0 unspecified atom stereocenters. The van der Waals surface area contributed by atoms with Crippen molar-refractivity contribution in [2.24, 2.45) is 5.16 Å². The highest BCUT2D eigenvalue weighted by Gasteiger charge is 2.27. The SMILES string of the molecule is CCOP(=O)(OCC)O/N=C(\C(=O)[O-])c1ccccc1. The molecule has 20 heavy (non-hydrogen) atoms. The predicted octanol–water partition coefficient (Wildman–Crippen LogP) is 1.34. The summed E-state index contributed by atoms with van der Waals surface area (Å²) in [5, 5.41) is 14.4. The summed E-state index contributed by atoms with van der Waals surface area (Å²) < 4.78 is 26.3. The van der Waals surface area contributed by atoms with Crippen molar-refractivity contribution in [2.45, 2.75) is 13.8 Å². The van der Waals surface area contributed by atoms with Gasteiger partial charge in [-0.3, -0.25) is 13.7 Å². The highest BCUT2D eigenvalue weighted by molar-refractivity contribution is 7.48. The van der Waals surface area contributed by atoms with Crippen molar-refractivity contribution >= 4 is 19.5 Å². The highest BCUT2D eigenvalue weighted by atomic mass is 31.2. The Morgan fingerprint density at radius 2 is 1.75 bits per heavy atom. The van der Waals surface area contributed by atoms with Gasteiger partial charge in [-0.05, 0) is 13.8 Å². The van der Waals surface area contributed by atoms with E-state index in [0.29, 0.717) is 0 Å². The van der Waals surface area contributed by atoms with Gasteiger partial charge in [0.05, 0.1) is 19.2 Å². The molecule has 0 atom stereocenters. The third-order valence-corrected chi connectivity index (χ3v) is 3.48. The highest BCUT2D eigenvalue weighted by Crippen LogP contribution is 2.49. The molecule has 0 aromatic heterocycles. The lowest BCUT2D eigenvalue weighted by Crippen LogP contribution is -2.32. The van der Waals surface area contributed by atoms with Gasteiger partial charge in [-0.2, -0.15) is 0 Å². The number of benzene rings is 1. The van der Waals surface area contributed by atoms with Crippen LogP contribution in [0.1, 0.15) is 19.4 Å². The fourth-order valence-electron chi connectivity index (χ4n) is 1.30. The number of carbonyl (C=O) groups excluding carboxylic acids is 1. The molecule has 1 aromatic rings. The first-order valence-corrected chi connectivity index (χ1v) is 7.41. The fourth-order valence-corrected chi connectivity index (χ4v) is 2.28. The van der Waals surface area contributed by atoms with Crippen molar-refractivity contribution < 1.29 is 28.1 Å². The van der Waals surface area contributed by atoms with Crippen LogP contribution in [-0.4, -0.2) is 24.9 Å². The molecule has 0 radical (unpaired) electrons. The molecule has 0 N–H and O–H groups in total. The van der Waals surface area contributed by atoms with Gasteiger partial charge in [0.2, 0.25) is 0 Å². The van der Waals surface area contributed by atoms with E-state index >= 15 is 0 Å². The molecule has 0 saturated heterocycles. The Bertz CT molecular complexity index is 506. The van der Waals surface area contributed by atoms with Crippen LogP contribution in [0.15, 0.2) is 35.5 Å². The van der Waals surface area contributed by atoms with Gasteiger partial charge in [-0.15, -0.1) is 0 Å². The Labute approximate surface area is 116 Å². The van der Waals surface area contributed by atoms with E-state index in [4.69, 9.17) is 9.05 Å². The summed E-state index contributed by atoms with van der Waals surface area (Å²) in [7, 11) is -3.91. The Balaban J connectivity index is 2.98. The second kappa shape index (κ2) is 7.79. The molecule has 0 spiro atoms. The van der Waals surface area contributed by atoms with E-state index in [0.717, 1.165) is 0 Å². The van der Waals surface area contributed by atoms with Gasteiger partial charge < -0.3 is 9.90 Å². The molecule has 110 valence electrons. The summed E-state index contributed by atoms with van der Waals surface area (Å²) in [6.45, 7) is 3.32. The lowest BCUT2D eigenvalue weighted by Gasteiger charge is -2.14.